The molecule has 3 rings (SSSR count). The Hall–Kier alpha value is -3.01. The summed E-state index contributed by atoms with van der Waals surface area (Å²) in [5, 5.41) is 12.0. The highest BCUT2D eigenvalue weighted by atomic mass is 16.5. The van der Waals surface area contributed by atoms with E-state index in [0.717, 1.165) is 38.8 Å². The minimum Gasteiger partial charge on any atom is -0.493 e. The van der Waals surface area contributed by atoms with Crippen molar-refractivity contribution < 1.29 is 19.1 Å². The number of hydrogen-bond donors (Lipinski definition) is 1. The van der Waals surface area contributed by atoms with E-state index in [4.69, 9.17) is 9.47 Å². The molecule has 1 saturated heterocycles. The molecule has 2 fully saturated rings. The fraction of sp³-hybridized carbons (Fsp3) is 0.450. The van der Waals surface area contributed by atoms with E-state index in [0.29, 0.717) is 17.1 Å². The largest absolute Gasteiger partial charge is 0.493 e. The van der Waals surface area contributed by atoms with Crippen LogP contribution in [0.15, 0.2) is 23.8 Å². The third kappa shape index (κ3) is 5.00. The van der Waals surface area contributed by atoms with Crippen molar-refractivity contribution >= 4 is 17.9 Å². The van der Waals surface area contributed by atoms with Gasteiger partial charge in [0.2, 0.25) is 0 Å². The third-order valence-electron chi connectivity index (χ3n) is 4.59. The highest BCUT2D eigenvalue weighted by Gasteiger charge is 2.24. The van der Waals surface area contributed by atoms with Crippen LogP contribution < -0.4 is 14.8 Å². The third-order valence-corrected chi connectivity index (χ3v) is 4.59. The van der Waals surface area contributed by atoms with Crippen LogP contribution in [0, 0.1) is 11.3 Å². The number of rotatable bonds is 7. The van der Waals surface area contributed by atoms with E-state index >= 15 is 0 Å². The summed E-state index contributed by atoms with van der Waals surface area (Å²) in [5.41, 5.74) is 0.689. The van der Waals surface area contributed by atoms with Crippen LogP contribution in [0.2, 0.25) is 0 Å². The number of carbonyl (C=O) groups is 2. The van der Waals surface area contributed by atoms with Crippen molar-refractivity contribution in [2.24, 2.45) is 0 Å². The fourth-order valence-corrected chi connectivity index (χ4v) is 2.90. The van der Waals surface area contributed by atoms with Crippen molar-refractivity contribution in [3.8, 4) is 17.6 Å². The molecule has 2 aliphatic rings. The van der Waals surface area contributed by atoms with E-state index in [2.05, 4.69) is 5.32 Å². The van der Waals surface area contributed by atoms with Crippen LogP contribution in [-0.2, 0) is 9.59 Å². The van der Waals surface area contributed by atoms with Gasteiger partial charge in [0.05, 0.1) is 7.11 Å². The van der Waals surface area contributed by atoms with Gasteiger partial charge in [-0.2, -0.15) is 5.26 Å². The molecule has 27 heavy (non-hydrogen) atoms. The molecule has 1 aliphatic heterocycles. The Morgan fingerprint density at radius 3 is 2.67 bits per heavy atom. The van der Waals surface area contributed by atoms with Gasteiger partial charge in [0.1, 0.15) is 11.6 Å². The van der Waals surface area contributed by atoms with Gasteiger partial charge in [-0.1, -0.05) is 6.07 Å². The maximum atomic E-state index is 12.1. The van der Waals surface area contributed by atoms with E-state index in [1.807, 2.05) is 6.07 Å². The Bertz CT molecular complexity index is 787. The summed E-state index contributed by atoms with van der Waals surface area (Å²) in [5.74, 6) is 0.485. The molecule has 0 radical (unpaired) electrons. The van der Waals surface area contributed by atoms with Gasteiger partial charge >= 0.3 is 0 Å². The maximum Gasteiger partial charge on any atom is 0.262 e. The number of benzene rings is 1. The first-order chi connectivity index (χ1) is 13.1. The van der Waals surface area contributed by atoms with Gasteiger partial charge in [0.15, 0.2) is 18.1 Å². The first-order valence-corrected chi connectivity index (χ1v) is 9.12. The van der Waals surface area contributed by atoms with Crippen LogP contribution in [0.3, 0.4) is 0 Å². The Morgan fingerprint density at radius 1 is 1.30 bits per heavy atom. The maximum absolute atomic E-state index is 12.1. The van der Waals surface area contributed by atoms with Crippen molar-refractivity contribution in [1.82, 2.24) is 10.2 Å². The van der Waals surface area contributed by atoms with Crippen LogP contribution in [0.5, 0.6) is 11.5 Å². The van der Waals surface area contributed by atoms with Crippen LogP contribution in [0.1, 0.15) is 31.2 Å². The second kappa shape index (κ2) is 8.58. The summed E-state index contributed by atoms with van der Waals surface area (Å²) < 4.78 is 10.9. The van der Waals surface area contributed by atoms with Crippen molar-refractivity contribution in [3.05, 3.63) is 29.3 Å². The van der Waals surface area contributed by atoms with Crippen molar-refractivity contribution in [2.45, 2.75) is 31.7 Å². The lowest BCUT2D eigenvalue weighted by Crippen LogP contribution is -2.32. The number of amides is 2. The minimum atomic E-state index is -0.365. The molecule has 1 saturated carbocycles. The molecule has 1 aromatic rings. The molecule has 7 heteroatoms. The molecule has 0 atom stereocenters. The monoisotopic (exact) mass is 369 g/mol. The number of ether oxygens (including phenoxy) is 2. The van der Waals surface area contributed by atoms with Crippen LogP contribution in [-0.4, -0.2) is 49.6 Å². The first kappa shape index (κ1) is 18.8. The lowest BCUT2D eigenvalue weighted by Gasteiger charge is -2.16. The van der Waals surface area contributed by atoms with Crippen molar-refractivity contribution in [1.29, 1.82) is 5.26 Å². The molecule has 0 aromatic heterocycles. The Kier molecular flexibility index (Phi) is 5.97. The number of nitrogens with zero attached hydrogens (tertiary/aromatic N) is 2. The Labute approximate surface area is 158 Å². The van der Waals surface area contributed by atoms with Gasteiger partial charge < -0.3 is 19.7 Å². The number of carbonyl (C=O) groups excluding carboxylic acids is 2. The number of nitriles is 1. The van der Waals surface area contributed by atoms with E-state index in [9.17, 15) is 14.9 Å². The lowest BCUT2D eigenvalue weighted by atomic mass is 10.1. The van der Waals surface area contributed by atoms with Crippen LogP contribution in [0.25, 0.3) is 6.08 Å². The SMILES string of the molecule is COc1cc(/C=C(\C#N)C(=O)NC2CC2)ccc1OCC(=O)N1CCCC1. The smallest absolute Gasteiger partial charge is 0.262 e. The molecule has 1 heterocycles. The summed E-state index contributed by atoms with van der Waals surface area (Å²) in [6.45, 7) is 1.52. The number of methoxy groups -OCH3 is 1. The summed E-state index contributed by atoms with van der Waals surface area (Å²) in [6, 6.07) is 7.20. The Morgan fingerprint density at radius 2 is 2.04 bits per heavy atom. The number of hydrogen-bond acceptors (Lipinski definition) is 5. The minimum absolute atomic E-state index is 0.0398. The summed E-state index contributed by atoms with van der Waals surface area (Å²) in [6.07, 6.45) is 5.50. The molecule has 1 aromatic carbocycles. The molecule has 142 valence electrons. The molecular weight excluding hydrogens is 346 g/mol. The average molecular weight is 369 g/mol. The van der Waals surface area contributed by atoms with Gasteiger partial charge in [-0.05, 0) is 49.5 Å². The highest BCUT2D eigenvalue weighted by molar-refractivity contribution is 6.02. The van der Waals surface area contributed by atoms with E-state index in [1.165, 1.54) is 13.2 Å². The normalized spacial score (nSPS) is 16.6. The van der Waals surface area contributed by atoms with Crippen LogP contribution >= 0.6 is 0 Å². The zero-order valence-corrected chi connectivity index (χ0v) is 15.4. The molecular formula is C20H23N3O4. The molecule has 1 aliphatic carbocycles. The van der Waals surface area contributed by atoms with Gasteiger partial charge in [0, 0.05) is 19.1 Å². The summed E-state index contributed by atoms with van der Waals surface area (Å²) in [4.78, 5) is 26.0. The fourth-order valence-electron chi connectivity index (χ4n) is 2.90. The quantitative estimate of drug-likeness (QED) is 0.585. The average Bonchev–Trinajstić information content (AvgIpc) is 3.32. The van der Waals surface area contributed by atoms with Gasteiger partial charge in [-0.25, -0.2) is 0 Å². The van der Waals surface area contributed by atoms with E-state index < -0.39 is 0 Å². The number of likely N-dealkylation sites (tertiary alicyclic amines) is 1. The van der Waals surface area contributed by atoms with Crippen molar-refractivity contribution in [2.75, 3.05) is 26.8 Å². The highest BCUT2D eigenvalue weighted by Crippen LogP contribution is 2.29. The molecule has 1 N–H and O–H groups in total. The second-order valence-electron chi connectivity index (χ2n) is 6.70. The number of nitrogens with one attached hydrogen (secondary N) is 1. The standard InChI is InChI=1S/C20H23N3O4/c1-26-18-11-14(10-15(12-21)20(25)22-16-5-6-16)4-7-17(18)27-13-19(24)23-8-2-3-9-23/h4,7,10-11,16H,2-3,5-6,8-9,13H2,1H3,(H,22,25)/b15-10+. The molecule has 0 spiro atoms. The summed E-state index contributed by atoms with van der Waals surface area (Å²) >= 11 is 0. The van der Waals surface area contributed by atoms with Gasteiger partial charge in [-0.15, -0.1) is 0 Å². The first-order valence-electron chi connectivity index (χ1n) is 9.12. The van der Waals surface area contributed by atoms with Gasteiger partial charge in [0.25, 0.3) is 11.8 Å². The predicted molar refractivity (Wildman–Crippen MR) is 99.1 cm³/mol. The zero-order chi connectivity index (χ0) is 19.2. The lowest BCUT2D eigenvalue weighted by molar-refractivity contribution is -0.132. The molecule has 0 bridgehead atoms. The van der Waals surface area contributed by atoms with Crippen molar-refractivity contribution in [3.63, 3.8) is 0 Å². The second-order valence-corrected chi connectivity index (χ2v) is 6.70. The molecule has 0 unspecified atom stereocenters. The summed E-state index contributed by atoms with van der Waals surface area (Å²) in [7, 11) is 1.50. The molecule has 2 amide bonds. The molecule has 7 nitrogen and oxygen atoms in total. The van der Waals surface area contributed by atoms with E-state index in [1.54, 1.807) is 23.1 Å². The van der Waals surface area contributed by atoms with Gasteiger partial charge in [-0.3, -0.25) is 9.59 Å². The zero-order valence-electron chi connectivity index (χ0n) is 15.4. The van der Waals surface area contributed by atoms with E-state index in [-0.39, 0.29) is 30.0 Å². The van der Waals surface area contributed by atoms with Crippen LogP contribution in [0.4, 0.5) is 0 Å². The topological polar surface area (TPSA) is 91.7 Å². The Balaban J connectivity index is 1.67. The predicted octanol–water partition coefficient (Wildman–Crippen LogP) is 1.88.